The van der Waals surface area contributed by atoms with E-state index in [0.29, 0.717) is 30.6 Å². The summed E-state index contributed by atoms with van der Waals surface area (Å²) in [6.07, 6.45) is -1.01. The van der Waals surface area contributed by atoms with Crippen LogP contribution >= 0.6 is 0 Å². The van der Waals surface area contributed by atoms with Crippen molar-refractivity contribution < 1.29 is 28.2 Å². The quantitative estimate of drug-likeness (QED) is 0.624. The van der Waals surface area contributed by atoms with E-state index in [1.54, 1.807) is 57.0 Å². The molecule has 2 aliphatic heterocycles. The summed E-state index contributed by atoms with van der Waals surface area (Å²) in [5, 5.41) is 12.3. The largest absolute Gasteiger partial charge is 0.444 e. The number of amides is 3. The predicted octanol–water partition coefficient (Wildman–Crippen LogP) is 3.66. The number of ether oxygens (including phenoxy) is 2. The number of nitriles is 1. The Labute approximate surface area is 227 Å². The molecule has 1 unspecified atom stereocenters. The summed E-state index contributed by atoms with van der Waals surface area (Å²) in [7, 11) is 1.74. The van der Waals surface area contributed by atoms with Gasteiger partial charge in [0.1, 0.15) is 17.5 Å². The summed E-state index contributed by atoms with van der Waals surface area (Å²) in [6, 6.07) is 11.2. The molecule has 0 spiro atoms. The predicted molar refractivity (Wildman–Crippen MR) is 141 cm³/mol. The highest BCUT2D eigenvalue weighted by atomic mass is 19.1. The highest BCUT2D eigenvalue weighted by Gasteiger charge is 2.31. The number of hydrogen-bond donors (Lipinski definition) is 1. The first-order chi connectivity index (χ1) is 18.4. The molecule has 2 atom stereocenters. The number of fused-ring (bicyclic) bond motifs is 1. The molecule has 0 bridgehead atoms. The molecule has 1 fully saturated rings. The fourth-order valence-corrected chi connectivity index (χ4v) is 4.63. The third-order valence-corrected chi connectivity index (χ3v) is 6.59. The number of carbonyl (C=O) groups excluding carboxylic acids is 3. The molecule has 2 heterocycles. The van der Waals surface area contributed by atoms with Crippen LogP contribution < -0.4 is 5.32 Å². The van der Waals surface area contributed by atoms with Gasteiger partial charge in [-0.25, -0.2) is 9.18 Å². The molecule has 2 aromatic rings. The zero-order valence-corrected chi connectivity index (χ0v) is 22.6. The Hall–Kier alpha value is -3.97. The maximum atomic E-state index is 15.1. The first-order valence-electron chi connectivity index (χ1n) is 12.9. The Morgan fingerprint density at radius 1 is 1.23 bits per heavy atom. The van der Waals surface area contributed by atoms with Crippen molar-refractivity contribution in [2.45, 2.75) is 57.9 Å². The number of carbonyl (C=O) groups is 3. The lowest BCUT2D eigenvalue weighted by molar-refractivity contribution is -0.133. The zero-order valence-electron chi connectivity index (χ0n) is 22.6. The minimum absolute atomic E-state index is 0.00980. The van der Waals surface area contributed by atoms with Crippen LogP contribution in [0.25, 0.3) is 11.1 Å². The van der Waals surface area contributed by atoms with E-state index < -0.39 is 35.6 Å². The molecule has 4 rings (SSSR count). The average molecular weight is 537 g/mol. The van der Waals surface area contributed by atoms with Crippen LogP contribution in [0, 0.1) is 17.1 Å². The number of nitrogens with zero attached hydrogens (tertiary/aromatic N) is 3. The number of nitrogens with one attached hydrogen (secondary N) is 1. The highest BCUT2D eigenvalue weighted by molar-refractivity contribution is 5.98. The van der Waals surface area contributed by atoms with Crippen molar-refractivity contribution in [1.29, 1.82) is 5.26 Å². The molecule has 0 aromatic heterocycles. The van der Waals surface area contributed by atoms with Crippen LogP contribution in [-0.2, 0) is 27.2 Å². The zero-order chi connectivity index (χ0) is 28.3. The van der Waals surface area contributed by atoms with Gasteiger partial charge in [0.15, 0.2) is 6.10 Å². The molecule has 2 aromatic carbocycles. The number of benzene rings is 2. The van der Waals surface area contributed by atoms with Gasteiger partial charge >= 0.3 is 6.09 Å². The van der Waals surface area contributed by atoms with Crippen LogP contribution in [0.15, 0.2) is 36.4 Å². The summed E-state index contributed by atoms with van der Waals surface area (Å²) >= 11 is 0. The first kappa shape index (κ1) is 28.0. The molecule has 3 amide bonds. The monoisotopic (exact) mass is 536 g/mol. The Kier molecular flexibility index (Phi) is 8.21. The number of rotatable bonds is 5. The summed E-state index contributed by atoms with van der Waals surface area (Å²) in [4.78, 5) is 40.6. The molecule has 1 saturated heterocycles. The van der Waals surface area contributed by atoms with Crippen molar-refractivity contribution in [1.82, 2.24) is 15.1 Å². The first-order valence-corrected chi connectivity index (χ1v) is 12.9. The van der Waals surface area contributed by atoms with E-state index in [1.807, 2.05) is 12.1 Å². The van der Waals surface area contributed by atoms with E-state index in [4.69, 9.17) is 9.47 Å². The van der Waals surface area contributed by atoms with Crippen LogP contribution in [0.2, 0.25) is 0 Å². The molecule has 0 radical (unpaired) electrons. The van der Waals surface area contributed by atoms with Gasteiger partial charge in [-0.1, -0.05) is 18.2 Å². The van der Waals surface area contributed by atoms with Crippen molar-refractivity contribution in [2.75, 3.05) is 26.7 Å². The third kappa shape index (κ3) is 6.73. The van der Waals surface area contributed by atoms with Crippen molar-refractivity contribution in [2.24, 2.45) is 0 Å². The third-order valence-electron chi connectivity index (χ3n) is 6.59. The van der Waals surface area contributed by atoms with Crippen molar-refractivity contribution in [3.8, 4) is 17.2 Å². The second-order valence-electron chi connectivity index (χ2n) is 10.9. The Morgan fingerprint density at radius 3 is 2.64 bits per heavy atom. The molecular weight excluding hydrogens is 503 g/mol. The van der Waals surface area contributed by atoms with Gasteiger partial charge in [0.05, 0.1) is 12.6 Å². The summed E-state index contributed by atoms with van der Waals surface area (Å²) in [5.74, 6) is -1.08. The SMILES string of the molecule is CN1Cc2cc(-c3ccc(CC(C#N)NC(=O)[C@@H]4CN(C(=O)OC(C)(C)C)CCCO4)c(F)c3)ccc2C1=O. The molecule has 206 valence electrons. The van der Waals surface area contributed by atoms with Gasteiger partial charge in [-0.3, -0.25) is 9.59 Å². The maximum absolute atomic E-state index is 15.1. The van der Waals surface area contributed by atoms with E-state index in [9.17, 15) is 19.6 Å². The average Bonchev–Trinajstić information content (AvgIpc) is 3.03. The number of halogens is 1. The van der Waals surface area contributed by atoms with Gasteiger partial charge in [0.2, 0.25) is 0 Å². The summed E-state index contributed by atoms with van der Waals surface area (Å²) in [5.41, 5.74) is 2.57. The van der Waals surface area contributed by atoms with Gasteiger partial charge in [0.25, 0.3) is 11.8 Å². The standard InChI is InChI=1S/C29H33FN4O5/c1-29(2,3)39-28(37)34-10-5-11-38-25(17-34)26(35)32-22(15-31)13-20-7-6-19(14-24(20)30)18-8-9-23-21(12-18)16-33(4)27(23)36/h6-9,12,14,22,25H,5,10-11,13,16-17H2,1-4H3,(H,32,35)/t22?,25-/m0/s1. The summed E-state index contributed by atoms with van der Waals surface area (Å²) in [6.45, 7) is 6.45. The lowest BCUT2D eigenvalue weighted by Gasteiger charge is -2.27. The molecule has 0 aliphatic carbocycles. The Bertz CT molecular complexity index is 1320. The van der Waals surface area contributed by atoms with Crippen molar-refractivity contribution in [3.05, 3.63) is 58.9 Å². The van der Waals surface area contributed by atoms with E-state index >= 15 is 4.39 Å². The molecular formula is C29H33FN4O5. The van der Waals surface area contributed by atoms with E-state index in [-0.39, 0.29) is 31.0 Å². The Balaban J connectivity index is 1.41. The smallest absolute Gasteiger partial charge is 0.410 e. The lowest BCUT2D eigenvalue weighted by atomic mass is 9.97. The molecule has 10 heteroatoms. The maximum Gasteiger partial charge on any atom is 0.410 e. The van der Waals surface area contributed by atoms with Crippen LogP contribution in [0.5, 0.6) is 0 Å². The van der Waals surface area contributed by atoms with E-state index in [2.05, 4.69) is 5.32 Å². The van der Waals surface area contributed by atoms with E-state index in [0.717, 1.165) is 11.1 Å². The fourth-order valence-electron chi connectivity index (χ4n) is 4.63. The molecule has 0 saturated carbocycles. The minimum atomic E-state index is -0.999. The van der Waals surface area contributed by atoms with Gasteiger partial charge in [0, 0.05) is 38.7 Å². The van der Waals surface area contributed by atoms with Gasteiger partial charge < -0.3 is 24.6 Å². The van der Waals surface area contributed by atoms with E-state index in [1.165, 1.54) is 11.0 Å². The van der Waals surface area contributed by atoms with Gasteiger partial charge in [-0.05, 0) is 67.6 Å². The highest BCUT2D eigenvalue weighted by Crippen LogP contribution is 2.29. The summed E-state index contributed by atoms with van der Waals surface area (Å²) < 4.78 is 26.1. The number of hydrogen-bond acceptors (Lipinski definition) is 6. The fraction of sp³-hybridized carbons (Fsp3) is 0.448. The Morgan fingerprint density at radius 2 is 1.95 bits per heavy atom. The van der Waals surface area contributed by atoms with Crippen LogP contribution in [0.3, 0.4) is 0 Å². The topological polar surface area (TPSA) is 112 Å². The van der Waals surface area contributed by atoms with Crippen LogP contribution in [-0.4, -0.2) is 72.2 Å². The second-order valence-corrected chi connectivity index (χ2v) is 10.9. The molecule has 9 nitrogen and oxygen atoms in total. The molecule has 39 heavy (non-hydrogen) atoms. The molecule has 2 aliphatic rings. The van der Waals surface area contributed by atoms with Crippen molar-refractivity contribution in [3.63, 3.8) is 0 Å². The van der Waals surface area contributed by atoms with Gasteiger partial charge in [-0.15, -0.1) is 0 Å². The normalized spacial score (nSPS) is 18.2. The molecule has 1 N–H and O–H groups in total. The van der Waals surface area contributed by atoms with Crippen LogP contribution in [0.1, 0.15) is 48.7 Å². The second kappa shape index (κ2) is 11.4. The minimum Gasteiger partial charge on any atom is -0.444 e. The lowest BCUT2D eigenvalue weighted by Crippen LogP contribution is -2.48. The van der Waals surface area contributed by atoms with Crippen LogP contribution in [0.4, 0.5) is 9.18 Å². The van der Waals surface area contributed by atoms with Gasteiger partial charge in [-0.2, -0.15) is 5.26 Å². The van der Waals surface area contributed by atoms with Crippen molar-refractivity contribution >= 4 is 17.9 Å².